The number of aromatic carboxylic acids is 1. The van der Waals surface area contributed by atoms with Crippen LogP contribution in [0.3, 0.4) is 0 Å². The molecule has 0 aliphatic carbocycles. The fourth-order valence-electron chi connectivity index (χ4n) is 3.30. The van der Waals surface area contributed by atoms with Crippen LogP contribution < -0.4 is 5.32 Å². The largest absolute Gasteiger partial charge is 0.478 e. The molecule has 150 valence electrons. The molecule has 30 heavy (non-hydrogen) atoms. The first-order valence-electron chi connectivity index (χ1n) is 9.63. The molecule has 0 aliphatic rings. The maximum absolute atomic E-state index is 11.7. The fourth-order valence-corrected chi connectivity index (χ4v) is 3.30. The molecule has 2 aromatic heterocycles. The zero-order valence-electron chi connectivity index (χ0n) is 17.0. The highest BCUT2D eigenvalue weighted by molar-refractivity contribution is 5.94. The Labute approximate surface area is 174 Å². The van der Waals surface area contributed by atoms with Crippen molar-refractivity contribution in [2.24, 2.45) is 0 Å². The lowest BCUT2D eigenvalue weighted by Crippen LogP contribution is -2.09. The molecule has 2 heterocycles. The van der Waals surface area contributed by atoms with Gasteiger partial charge in [-0.05, 0) is 50.1 Å². The van der Waals surface area contributed by atoms with E-state index in [1.165, 1.54) is 0 Å². The monoisotopic (exact) mass is 398 g/mol. The third-order valence-corrected chi connectivity index (χ3v) is 4.88. The Kier molecular flexibility index (Phi) is 5.06. The molecular formula is C24H22N4O2. The van der Waals surface area contributed by atoms with Gasteiger partial charge >= 0.3 is 5.97 Å². The summed E-state index contributed by atoms with van der Waals surface area (Å²) in [5.41, 5.74) is 5.67. The smallest absolute Gasteiger partial charge is 0.339 e. The van der Waals surface area contributed by atoms with Crippen molar-refractivity contribution in [2.75, 3.05) is 5.32 Å². The molecule has 2 aromatic carbocycles. The second-order valence-corrected chi connectivity index (χ2v) is 7.26. The van der Waals surface area contributed by atoms with E-state index in [9.17, 15) is 9.90 Å². The molecule has 2 N–H and O–H groups in total. The number of nitrogens with zero attached hydrogens (tertiary/aromatic N) is 3. The van der Waals surface area contributed by atoms with Gasteiger partial charge in [-0.2, -0.15) is 5.10 Å². The summed E-state index contributed by atoms with van der Waals surface area (Å²) in [4.78, 5) is 16.1. The van der Waals surface area contributed by atoms with Crippen molar-refractivity contribution in [1.29, 1.82) is 0 Å². The van der Waals surface area contributed by atoms with Crippen molar-refractivity contribution < 1.29 is 9.90 Å². The normalized spacial score (nSPS) is 10.8. The number of hydrogen-bond acceptors (Lipinski definition) is 4. The summed E-state index contributed by atoms with van der Waals surface area (Å²) in [6, 6.07) is 21.2. The van der Waals surface area contributed by atoms with Crippen LogP contribution in [0, 0.1) is 20.8 Å². The molecule has 0 fully saturated rings. The topological polar surface area (TPSA) is 80.0 Å². The van der Waals surface area contributed by atoms with Gasteiger partial charge in [0.25, 0.3) is 0 Å². The number of anilines is 2. The number of rotatable bonds is 5. The first-order valence-corrected chi connectivity index (χ1v) is 9.63. The van der Waals surface area contributed by atoms with E-state index >= 15 is 0 Å². The molecule has 0 radical (unpaired) electrons. The second kappa shape index (κ2) is 7.83. The molecular weight excluding hydrogens is 376 g/mol. The number of nitrogens with one attached hydrogen (secondary N) is 1. The first-order chi connectivity index (χ1) is 14.4. The first kappa shape index (κ1) is 19.4. The van der Waals surface area contributed by atoms with Gasteiger partial charge in [0.15, 0.2) is 0 Å². The standard InChI is InChI=1S/C24H22N4O2/c1-15-9-10-16(2)21(13-15)28-22(14-20(27-28)18-7-5-4-6-8-18)26-23-19(24(29)30)12-11-17(3)25-23/h4-14H,1-3H3,(H,25,26)(H,29,30). The van der Waals surface area contributed by atoms with E-state index in [2.05, 4.69) is 22.4 Å². The van der Waals surface area contributed by atoms with Crippen LogP contribution in [-0.2, 0) is 0 Å². The predicted octanol–water partition coefficient (Wildman–Crippen LogP) is 5.30. The van der Waals surface area contributed by atoms with Gasteiger partial charge in [-0.1, -0.05) is 42.5 Å². The molecule has 0 spiro atoms. The molecule has 0 atom stereocenters. The summed E-state index contributed by atoms with van der Waals surface area (Å²) in [5, 5.41) is 17.6. The van der Waals surface area contributed by atoms with Gasteiger partial charge in [0.05, 0.1) is 11.4 Å². The average molecular weight is 398 g/mol. The summed E-state index contributed by atoms with van der Waals surface area (Å²) in [5.74, 6) is -0.109. The number of aryl methyl sites for hydroxylation is 3. The maximum Gasteiger partial charge on any atom is 0.339 e. The van der Waals surface area contributed by atoms with Crippen LogP contribution in [0.25, 0.3) is 16.9 Å². The minimum Gasteiger partial charge on any atom is -0.478 e. The third-order valence-electron chi connectivity index (χ3n) is 4.88. The minimum absolute atomic E-state index is 0.107. The van der Waals surface area contributed by atoms with Gasteiger partial charge < -0.3 is 10.4 Å². The van der Waals surface area contributed by atoms with Gasteiger partial charge in [-0.3, -0.25) is 0 Å². The Hall–Kier alpha value is -3.93. The molecule has 6 nitrogen and oxygen atoms in total. The summed E-state index contributed by atoms with van der Waals surface area (Å²) in [6.07, 6.45) is 0. The molecule has 4 rings (SSSR count). The Morgan fingerprint density at radius 3 is 2.47 bits per heavy atom. The quantitative estimate of drug-likeness (QED) is 0.477. The van der Waals surface area contributed by atoms with Gasteiger partial charge in [-0.25, -0.2) is 14.5 Å². The van der Waals surface area contributed by atoms with Crippen molar-refractivity contribution in [3.63, 3.8) is 0 Å². The van der Waals surface area contributed by atoms with Crippen molar-refractivity contribution in [3.05, 3.63) is 89.1 Å². The number of benzene rings is 2. The van der Waals surface area contributed by atoms with Crippen LogP contribution in [0.15, 0.2) is 66.7 Å². The van der Waals surface area contributed by atoms with Crippen molar-refractivity contribution in [3.8, 4) is 16.9 Å². The Morgan fingerprint density at radius 2 is 1.73 bits per heavy atom. The highest BCUT2D eigenvalue weighted by atomic mass is 16.4. The number of pyridine rings is 1. The lowest BCUT2D eigenvalue weighted by atomic mass is 10.1. The van der Waals surface area contributed by atoms with Crippen LogP contribution in [0.2, 0.25) is 0 Å². The van der Waals surface area contributed by atoms with E-state index < -0.39 is 5.97 Å². The highest BCUT2D eigenvalue weighted by Gasteiger charge is 2.17. The molecule has 0 amide bonds. The number of hydrogen-bond donors (Lipinski definition) is 2. The fraction of sp³-hybridized carbons (Fsp3) is 0.125. The SMILES string of the molecule is Cc1ccc(C)c(-n2nc(-c3ccccc3)cc2Nc2nc(C)ccc2C(=O)O)c1. The van der Waals surface area contributed by atoms with Gasteiger partial charge in [0.1, 0.15) is 17.2 Å². The summed E-state index contributed by atoms with van der Waals surface area (Å²) in [7, 11) is 0. The van der Waals surface area contributed by atoms with E-state index in [4.69, 9.17) is 5.10 Å². The molecule has 6 heteroatoms. The minimum atomic E-state index is -1.04. The Balaban J connectivity index is 1.89. The zero-order valence-corrected chi connectivity index (χ0v) is 17.0. The summed E-state index contributed by atoms with van der Waals surface area (Å²) >= 11 is 0. The third kappa shape index (κ3) is 3.80. The van der Waals surface area contributed by atoms with E-state index in [1.54, 1.807) is 16.8 Å². The predicted molar refractivity (Wildman–Crippen MR) is 118 cm³/mol. The van der Waals surface area contributed by atoms with E-state index in [0.29, 0.717) is 5.82 Å². The number of carbonyl (C=O) groups is 1. The summed E-state index contributed by atoms with van der Waals surface area (Å²) < 4.78 is 1.81. The van der Waals surface area contributed by atoms with Crippen molar-refractivity contribution in [1.82, 2.24) is 14.8 Å². The molecule has 0 aliphatic heterocycles. The second-order valence-electron chi connectivity index (χ2n) is 7.26. The van der Waals surface area contributed by atoms with Crippen LogP contribution in [-0.4, -0.2) is 25.8 Å². The average Bonchev–Trinajstić information content (AvgIpc) is 3.14. The molecule has 0 bridgehead atoms. The lowest BCUT2D eigenvalue weighted by Gasteiger charge is -2.13. The number of carboxylic acids is 1. The molecule has 0 unspecified atom stereocenters. The number of carboxylic acid groups (broad SMARTS) is 1. The molecule has 0 saturated heterocycles. The maximum atomic E-state index is 11.7. The lowest BCUT2D eigenvalue weighted by molar-refractivity contribution is 0.0697. The van der Waals surface area contributed by atoms with Crippen molar-refractivity contribution in [2.45, 2.75) is 20.8 Å². The highest BCUT2D eigenvalue weighted by Crippen LogP contribution is 2.29. The number of aromatic nitrogens is 3. The Morgan fingerprint density at radius 1 is 0.967 bits per heavy atom. The van der Waals surface area contributed by atoms with E-state index in [-0.39, 0.29) is 11.4 Å². The van der Waals surface area contributed by atoms with Gasteiger partial charge in [0.2, 0.25) is 0 Å². The van der Waals surface area contributed by atoms with Crippen LogP contribution >= 0.6 is 0 Å². The van der Waals surface area contributed by atoms with Crippen LogP contribution in [0.4, 0.5) is 11.6 Å². The zero-order chi connectivity index (χ0) is 21.3. The van der Waals surface area contributed by atoms with E-state index in [0.717, 1.165) is 33.8 Å². The summed E-state index contributed by atoms with van der Waals surface area (Å²) in [6.45, 7) is 5.88. The van der Waals surface area contributed by atoms with Gasteiger partial charge in [-0.15, -0.1) is 0 Å². The van der Waals surface area contributed by atoms with E-state index in [1.807, 2.05) is 63.2 Å². The van der Waals surface area contributed by atoms with Crippen molar-refractivity contribution >= 4 is 17.6 Å². The Bertz CT molecular complexity index is 1230. The van der Waals surface area contributed by atoms with Crippen LogP contribution in [0.5, 0.6) is 0 Å². The van der Waals surface area contributed by atoms with Crippen LogP contribution in [0.1, 0.15) is 27.2 Å². The molecule has 0 saturated carbocycles. The van der Waals surface area contributed by atoms with Gasteiger partial charge in [0, 0.05) is 17.3 Å². The molecule has 4 aromatic rings.